The number of amides is 4. The van der Waals surface area contributed by atoms with E-state index in [0.717, 1.165) is 12.8 Å². The lowest BCUT2D eigenvalue weighted by molar-refractivity contribution is -0.136. The van der Waals surface area contributed by atoms with Gasteiger partial charge in [-0.25, -0.2) is 4.39 Å². The number of carbonyl (C=O) groups is 4. The summed E-state index contributed by atoms with van der Waals surface area (Å²) in [6.07, 6.45) is 2.19. The molecule has 0 bridgehead atoms. The Bertz CT molecular complexity index is 1250. The SMILES string of the molecule is CCCCNC(=O)CCNC(=O)C(Cc1ccc(O)c(C(C)(C)C)c1)NC(=O)CN(C)C(=O)C(N)Cc1ccc(F)cc1. The van der Waals surface area contributed by atoms with Crippen molar-refractivity contribution in [1.82, 2.24) is 20.9 Å². The van der Waals surface area contributed by atoms with Gasteiger partial charge in [0.2, 0.25) is 23.6 Å². The van der Waals surface area contributed by atoms with Gasteiger partial charge in [0.15, 0.2) is 0 Å². The van der Waals surface area contributed by atoms with Crippen LogP contribution in [0.1, 0.15) is 63.6 Å². The Morgan fingerprint density at radius 1 is 0.953 bits per heavy atom. The highest BCUT2D eigenvalue weighted by atomic mass is 19.1. The fourth-order valence-corrected chi connectivity index (χ4v) is 4.45. The van der Waals surface area contributed by atoms with Gasteiger partial charge < -0.3 is 31.7 Å². The largest absolute Gasteiger partial charge is 0.508 e. The van der Waals surface area contributed by atoms with Crippen LogP contribution in [-0.4, -0.2) is 72.4 Å². The highest BCUT2D eigenvalue weighted by molar-refractivity contribution is 5.91. The lowest BCUT2D eigenvalue weighted by Gasteiger charge is -2.24. The Kier molecular flexibility index (Phi) is 13.6. The van der Waals surface area contributed by atoms with E-state index in [1.54, 1.807) is 30.3 Å². The quantitative estimate of drug-likeness (QED) is 0.198. The summed E-state index contributed by atoms with van der Waals surface area (Å²) in [7, 11) is 1.44. The molecular weight excluding hydrogens is 553 g/mol. The highest BCUT2D eigenvalue weighted by Crippen LogP contribution is 2.31. The maximum absolute atomic E-state index is 13.2. The van der Waals surface area contributed by atoms with Crippen LogP contribution in [0.5, 0.6) is 5.75 Å². The van der Waals surface area contributed by atoms with E-state index in [4.69, 9.17) is 5.73 Å². The van der Waals surface area contributed by atoms with Gasteiger partial charge in [0.05, 0.1) is 12.6 Å². The number of likely N-dealkylation sites (N-methyl/N-ethyl adjacent to an activating group) is 1. The molecule has 43 heavy (non-hydrogen) atoms. The van der Waals surface area contributed by atoms with Gasteiger partial charge in [0, 0.05) is 33.0 Å². The Balaban J connectivity index is 2.09. The molecule has 0 saturated heterocycles. The van der Waals surface area contributed by atoms with Gasteiger partial charge >= 0.3 is 0 Å². The van der Waals surface area contributed by atoms with Crippen LogP contribution in [0.15, 0.2) is 42.5 Å². The van der Waals surface area contributed by atoms with Crippen molar-refractivity contribution in [1.29, 1.82) is 0 Å². The molecule has 0 aliphatic heterocycles. The van der Waals surface area contributed by atoms with Crippen molar-refractivity contribution in [3.63, 3.8) is 0 Å². The maximum atomic E-state index is 13.2. The molecule has 11 heteroatoms. The predicted octanol–water partition coefficient (Wildman–Crippen LogP) is 2.31. The molecule has 2 rings (SSSR count). The summed E-state index contributed by atoms with van der Waals surface area (Å²) in [4.78, 5) is 52.3. The standard InChI is InChI=1S/C32H46FN5O5/c1-6-7-15-35-28(40)14-16-36-30(42)26(19-22-10-13-27(39)24(17-22)32(2,3)4)37-29(41)20-38(5)31(43)25(34)18-21-8-11-23(33)12-9-21/h8-13,17,25-26,39H,6-7,14-16,18-20,34H2,1-5H3,(H,35,40)(H,36,42)(H,37,41). The van der Waals surface area contributed by atoms with E-state index < -0.39 is 35.6 Å². The average Bonchev–Trinajstić information content (AvgIpc) is 2.93. The molecule has 0 heterocycles. The molecule has 0 aliphatic carbocycles. The monoisotopic (exact) mass is 599 g/mol. The van der Waals surface area contributed by atoms with Gasteiger partial charge in [-0.3, -0.25) is 19.2 Å². The van der Waals surface area contributed by atoms with Gasteiger partial charge in [-0.05, 0) is 53.1 Å². The van der Waals surface area contributed by atoms with Crippen LogP contribution in [-0.2, 0) is 37.4 Å². The summed E-state index contributed by atoms with van der Waals surface area (Å²) in [6.45, 7) is 8.20. The number of carbonyl (C=O) groups excluding carboxylic acids is 4. The second kappa shape index (κ2) is 16.6. The van der Waals surface area contributed by atoms with Crippen LogP contribution in [0.25, 0.3) is 0 Å². The first-order chi connectivity index (χ1) is 20.2. The van der Waals surface area contributed by atoms with Crippen LogP contribution in [0, 0.1) is 5.82 Å². The van der Waals surface area contributed by atoms with Crippen LogP contribution < -0.4 is 21.7 Å². The number of nitrogens with one attached hydrogen (secondary N) is 3. The van der Waals surface area contributed by atoms with E-state index in [0.29, 0.717) is 23.2 Å². The first kappa shape index (κ1) is 35.2. The average molecular weight is 600 g/mol. The molecule has 236 valence electrons. The van der Waals surface area contributed by atoms with Crippen molar-refractivity contribution in [2.75, 3.05) is 26.7 Å². The molecule has 2 atom stereocenters. The molecule has 0 saturated carbocycles. The molecule has 0 aliphatic rings. The smallest absolute Gasteiger partial charge is 0.242 e. The first-order valence-corrected chi connectivity index (χ1v) is 14.6. The number of aromatic hydroxyl groups is 1. The number of nitrogens with two attached hydrogens (primary N) is 1. The second-order valence-corrected chi connectivity index (χ2v) is 11.8. The van der Waals surface area contributed by atoms with Gasteiger partial charge in [-0.15, -0.1) is 0 Å². The molecule has 0 spiro atoms. The van der Waals surface area contributed by atoms with Gasteiger partial charge in [-0.2, -0.15) is 0 Å². The number of hydrogen-bond donors (Lipinski definition) is 5. The molecule has 0 radical (unpaired) electrons. The van der Waals surface area contributed by atoms with Crippen molar-refractivity contribution in [2.24, 2.45) is 5.73 Å². The topological polar surface area (TPSA) is 154 Å². The van der Waals surface area contributed by atoms with E-state index in [-0.39, 0.29) is 49.4 Å². The van der Waals surface area contributed by atoms with E-state index in [1.807, 2.05) is 27.7 Å². The van der Waals surface area contributed by atoms with E-state index in [2.05, 4.69) is 16.0 Å². The molecular formula is C32H46FN5O5. The minimum atomic E-state index is -1.01. The first-order valence-electron chi connectivity index (χ1n) is 14.6. The lowest BCUT2D eigenvalue weighted by Crippen LogP contribution is -2.52. The van der Waals surface area contributed by atoms with Crippen molar-refractivity contribution in [3.8, 4) is 5.75 Å². The zero-order valence-corrected chi connectivity index (χ0v) is 25.8. The number of phenols is 1. The van der Waals surface area contributed by atoms with Crippen molar-refractivity contribution >= 4 is 23.6 Å². The highest BCUT2D eigenvalue weighted by Gasteiger charge is 2.26. The molecule has 10 nitrogen and oxygen atoms in total. The number of halogens is 1. The normalized spacial score (nSPS) is 12.6. The number of hydrogen-bond acceptors (Lipinski definition) is 6. The molecule has 0 aromatic heterocycles. The summed E-state index contributed by atoms with van der Waals surface area (Å²) in [5, 5.41) is 18.6. The van der Waals surface area contributed by atoms with Crippen LogP contribution in [0.4, 0.5) is 4.39 Å². The number of nitrogens with zero attached hydrogens (tertiary/aromatic N) is 1. The molecule has 2 aromatic carbocycles. The third kappa shape index (κ3) is 12.0. The fraction of sp³-hybridized carbons (Fsp3) is 0.500. The molecule has 4 amide bonds. The third-order valence-electron chi connectivity index (χ3n) is 6.91. The van der Waals surface area contributed by atoms with Crippen molar-refractivity contribution in [3.05, 3.63) is 65.0 Å². The zero-order valence-electron chi connectivity index (χ0n) is 25.8. The van der Waals surface area contributed by atoms with E-state index in [9.17, 15) is 28.7 Å². The van der Waals surface area contributed by atoms with Gasteiger partial charge in [0.1, 0.15) is 17.6 Å². The minimum Gasteiger partial charge on any atom is -0.508 e. The van der Waals surface area contributed by atoms with Crippen LogP contribution in [0.3, 0.4) is 0 Å². The van der Waals surface area contributed by atoms with Gasteiger partial charge in [-0.1, -0.05) is 58.4 Å². The molecule has 2 aromatic rings. The summed E-state index contributed by atoms with van der Waals surface area (Å²) >= 11 is 0. The fourth-order valence-electron chi connectivity index (χ4n) is 4.45. The van der Waals surface area contributed by atoms with Crippen molar-refractivity contribution < 1.29 is 28.7 Å². The number of unbranched alkanes of at least 4 members (excludes halogenated alkanes) is 1. The Morgan fingerprint density at radius 3 is 2.23 bits per heavy atom. The van der Waals surface area contributed by atoms with Crippen molar-refractivity contribution in [2.45, 2.75) is 77.3 Å². The summed E-state index contributed by atoms with van der Waals surface area (Å²) in [5.74, 6) is -1.98. The molecule has 2 unspecified atom stereocenters. The van der Waals surface area contributed by atoms with Crippen LogP contribution in [0.2, 0.25) is 0 Å². The zero-order chi connectivity index (χ0) is 32.2. The minimum absolute atomic E-state index is 0.0859. The number of phenolic OH excluding ortho intramolecular Hbond substituents is 1. The Hall–Kier alpha value is -3.99. The maximum Gasteiger partial charge on any atom is 0.242 e. The van der Waals surface area contributed by atoms with Crippen LogP contribution >= 0.6 is 0 Å². The Morgan fingerprint density at radius 2 is 1.60 bits per heavy atom. The molecule has 6 N–H and O–H groups in total. The lowest BCUT2D eigenvalue weighted by atomic mass is 9.84. The van der Waals surface area contributed by atoms with Gasteiger partial charge in [0.25, 0.3) is 0 Å². The summed E-state index contributed by atoms with van der Waals surface area (Å²) in [5.41, 5.74) is 7.79. The summed E-state index contributed by atoms with van der Waals surface area (Å²) in [6, 6.07) is 8.74. The van der Waals surface area contributed by atoms with E-state index >= 15 is 0 Å². The number of rotatable bonds is 15. The third-order valence-corrected chi connectivity index (χ3v) is 6.91. The predicted molar refractivity (Wildman–Crippen MR) is 164 cm³/mol. The summed E-state index contributed by atoms with van der Waals surface area (Å²) < 4.78 is 13.2. The Labute approximate surface area is 253 Å². The van der Waals surface area contributed by atoms with E-state index in [1.165, 1.54) is 24.1 Å². The number of benzene rings is 2. The molecule has 0 fully saturated rings. The second-order valence-electron chi connectivity index (χ2n) is 11.8.